The molecule has 3 heteroatoms. The molecule has 2 N–H and O–H groups in total. The van der Waals surface area contributed by atoms with Crippen LogP contribution in [0.3, 0.4) is 0 Å². The Morgan fingerprint density at radius 1 is 1.08 bits per heavy atom. The third-order valence-electron chi connectivity index (χ3n) is 9.74. The average molecular weight is 334 g/mol. The Balaban J connectivity index is 1.57. The molecule has 24 heavy (non-hydrogen) atoms. The van der Waals surface area contributed by atoms with Gasteiger partial charge in [-0.1, -0.05) is 20.3 Å². The van der Waals surface area contributed by atoms with Gasteiger partial charge in [0.15, 0.2) is 0 Å². The van der Waals surface area contributed by atoms with Crippen molar-refractivity contribution in [1.82, 2.24) is 4.90 Å². The molecule has 3 nitrogen and oxygen atoms in total. The summed E-state index contributed by atoms with van der Waals surface area (Å²) in [5, 5.41) is 20.7. The fraction of sp³-hybridized carbons (Fsp3) is 1.00. The Hall–Kier alpha value is -0.120. The van der Waals surface area contributed by atoms with E-state index in [-0.39, 0.29) is 18.1 Å². The first-order valence-electron chi connectivity index (χ1n) is 10.5. The van der Waals surface area contributed by atoms with Gasteiger partial charge >= 0.3 is 0 Å². The molecule has 1 aliphatic heterocycles. The maximum atomic E-state index is 11.1. The van der Waals surface area contributed by atoms with E-state index in [0.29, 0.717) is 16.7 Å². The van der Waals surface area contributed by atoms with Crippen molar-refractivity contribution in [2.75, 3.05) is 26.2 Å². The maximum Gasteiger partial charge on any atom is 0.0627 e. The van der Waals surface area contributed by atoms with Gasteiger partial charge < -0.3 is 10.2 Å². The second-order valence-electron chi connectivity index (χ2n) is 10.6. The summed E-state index contributed by atoms with van der Waals surface area (Å²) in [5.41, 5.74) is 1.10. The second kappa shape index (κ2) is 4.98. The van der Waals surface area contributed by atoms with Crippen LogP contribution in [0.4, 0.5) is 0 Å². The van der Waals surface area contributed by atoms with Crippen LogP contribution < -0.4 is 0 Å². The first kappa shape index (κ1) is 16.1. The summed E-state index contributed by atoms with van der Waals surface area (Å²) < 4.78 is 0. The van der Waals surface area contributed by atoms with Gasteiger partial charge in [0, 0.05) is 25.0 Å². The fourth-order valence-corrected chi connectivity index (χ4v) is 9.09. The molecule has 0 aromatic carbocycles. The summed E-state index contributed by atoms with van der Waals surface area (Å²) >= 11 is 0. The number of nitrogens with zero attached hydrogens (tertiary/aromatic N) is 1. The lowest BCUT2D eigenvalue weighted by molar-refractivity contribution is -0.215. The van der Waals surface area contributed by atoms with Crippen molar-refractivity contribution in [3.8, 4) is 0 Å². The largest absolute Gasteiger partial charge is 0.395 e. The van der Waals surface area contributed by atoms with E-state index in [1.54, 1.807) is 0 Å². The van der Waals surface area contributed by atoms with Crippen LogP contribution in [-0.2, 0) is 0 Å². The molecule has 4 aliphatic carbocycles. The Kier molecular flexibility index (Phi) is 3.34. The summed E-state index contributed by atoms with van der Waals surface area (Å²) in [6.45, 7) is 8.34. The Bertz CT molecular complexity index is 538. The highest BCUT2D eigenvalue weighted by Crippen LogP contribution is 2.75. The van der Waals surface area contributed by atoms with Crippen LogP contribution in [0, 0.1) is 39.9 Å². The molecule has 0 aromatic heterocycles. The quantitative estimate of drug-likeness (QED) is 0.817. The van der Waals surface area contributed by atoms with Gasteiger partial charge in [0.05, 0.1) is 12.7 Å². The van der Waals surface area contributed by atoms with E-state index < -0.39 is 0 Å². The number of hydrogen-bond donors (Lipinski definition) is 2. The monoisotopic (exact) mass is 333 g/mol. The molecule has 8 atom stereocenters. The van der Waals surface area contributed by atoms with Gasteiger partial charge in [0.2, 0.25) is 0 Å². The highest BCUT2D eigenvalue weighted by Gasteiger charge is 2.72. The predicted molar refractivity (Wildman–Crippen MR) is 94.5 cm³/mol. The van der Waals surface area contributed by atoms with E-state index in [4.69, 9.17) is 0 Å². The molecule has 1 saturated heterocycles. The highest BCUT2D eigenvalue weighted by molar-refractivity contribution is 5.21. The number of β-amino-alcohol motifs (C(OH)–C–C–N with tert-alkyl or cyclic N) is 1. The zero-order valence-electron chi connectivity index (χ0n) is 15.5. The number of fused-ring (bicyclic) bond motifs is 1. The van der Waals surface area contributed by atoms with Gasteiger partial charge in [-0.05, 0) is 73.0 Å². The van der Waals surface area contributed by atoms with E-state index in [2.05, 4.69) is 18.7 Å². The molecule has 1 heterocycles. The summed E-state index contributed by atoms with van der Waals surface area (Å²) in [6, 6.07) is 0. The minimum atomic E-state index is -0.0574. The lowest BCUT2D eigenvalue weighted by Crippen LogP contribution is -2.68. The second-order valence-corrected chi connectivity index (χ2v) is 10.6. The summed E-state index contributed by atoms with van der Waals surface area (Å²) in [7, 11) is 0. The van der Waals surface area contributed by atoms with Crippen molar-refractivity contribution in [3.05, 3.63) is 0 Å². The molecule has 1 spiro atoms. The third kappa shape index (κ3) is 1.75. The fourth-order valence-electron chi connectivity index (χ4n) is 9.09. The average Bonchev–Trinajstić information content (AvgIpc) is 3.03. The van der Waals surface area contributed by atoms with E-state index in [1.165, 1.54) is 58.0 Å². The number of likely N-dealkylation sites (tertiary alicyclic amines) is 1. The van der Waals surface area contributed by atoms with E-state index in [0.717, 1.165) is 24.3 Å². The van der Waals surface area contributed by atoms with Gasteiger partial charge in [0.1, 0.15) is 0 Å². The van der Waals surface area contributed by atoms with Gasteiger partial charge in [-0.25, -0.2) is 0 Å². The van der Waals surface area contributed by atoms with Crippen LogP contribution in [0.25, 0.3) is 0 Å². The number of aliphatic hydroxyl groups excluding tert-OH is 2. The minimum Gasteiger partial charge on any atom is -0.395 e. The molecule has 0 aromatic rings. The van der Waals surface area contributed by atoms with Crippen molar-refractivity contribution >= 4 is 0 Å². The lowest BCUT2D eigenvalue weighted by atomic mass is 9.40. The van der Waals surface area contributed by atoms with Crippen LogP contribution in [0.5, 0.6) is 0 Å². The summed E-state index contributed by atoms with van der Waals surface area (Å²) in [4.78, 5) is 2.58. The number of aliphatic hydroxyl groups is 2. The molecule has 0 amide bonds. The van der Waals surface area contributed by atoms with Crippen molar-refractivity contribution in [2.45, 2.75) is 64.9 Å². The molecular weight excluding hydrogens is 298 g/mol. The first-order chi connectivity index (χ1) is 11.5. The van der Waals surface area contributed by atoms with E-state index in [1.807, 2.05) is 0 Å². The van der Waals surface area contributed by atoms with Crippen molar-refractivity contribution in [1.29, 1.82) is 0 Å². The standard InChI is InChI=1S/C21H35NO2/c1-14-15-10-17-20(11-15,18(14)24)7-4-16-19(2)5-3-6-21(16,17)13-22(12-19)8-9-23/h14-18,23-24H,3-13H2,1-2H3/t14-,15-,16+,17-,18+,19+,20-,21+/m1/s1. The molecule has 5 aliphatic rings. The molecule has 5 rings (SSSR count). The Morgan fingerprint density at radius 3 is 2.67 bits per heavy atom. The Morgan fingerprint density at radius 2 is 1.92 bits per heavy atom. The van der Waals surface area contributed by atoms with Crippen LogP contribution >= 0.6 is 0 Å². The van der Waals surface area contributed by atoms with Crippen molar-refractivity contribution in [2.24, 2.45) is 39.9 Å². The van der Waals surface area contributed by atoms with E-state index >= 15 is 0 Å². The molecule has 0 unspecified atom stereocenters. The summed E-state index contributed by atoms with van der Waals surface area (Å²) in [6.07, 6.45) is 9.35. The molecular formula is C21H35NO2. The number of rotatable bonds is 2. The van der Waals surface area contributed by atoms with Crippen LogP contribution in [0.2, 0.25) is 0 Å². The SMILES string of the molecule is C[C@@H]1[C@@H]2C[C@@H]3[C@@](CC[C@H]4[C@@]5(C)CCC[C@@]34CN(CCO)C5)(C2)[C@H]1O. The van der Waals surface area contributed by atoms with E-state index in [9.17, 15) is 10.2 Å². The predicted octanol–water partition coefficient (Wildman–Crippen LogP) is 2.90. The maximum absolute atomic E-state index is 11.1. The molecule has 4 bridgehead atoms. The number of hydrogen-bond acceptors (Lipinski definition) is 3. The van der Waals surface area contributed by atoms with Crippen LogP contribution in [-0.4, -0.2) is 47.5 Å². The molecule has 0 radical (unpaired) electrons. The zero-order chi connectivity index (χ0) is 16.7. The molecule has 136 valence electrons. The Labute approximate surface area is 146 Å². The van der Waals surface area contributed by atoms with Gasteiger partial charge in [-0.15, -0.1) is 0 Å². The smallest absolute Gasteiger partial charge is 0.0627 e. The summed E-state index contributed by atoms with van der Waals surface area (Å²) in [5.74, 6) is 2.87. The van der Waals surface area contributed by atoms with Crippen molar-refractivity contribution < 1.29 is 10.2 Å². The van der Waals surface area contributed by atoms with Gasteiger partial charge in [0.25, 0.3) is 0 Å². The first-order valence-corrected chi connectivity index (χ1v) is 10.5. The highest BCUT2D eigenvalue weighted by atomic mass is 16.3. The molecule has 5 fully saturated rings. The van der Waals surface area contributed by atoms with Crippen LogP contribution in [0.1, 0.15) is 58.8 Å². The van der Waals surface area contributed by atoms with Gasteiger partial charge in [-0.3, -0.25) is 4.90 Å². The topological polar surface area (TPSA) is 43.7 Å². The van der Waals surface area contributed by atoms with Crippen LogP contribution in [0.15, 0.2) is 0 Å². The number of piperidine rings is 1. The van der Waals surface area contributed by atoms with Crippen molar-refractivity contribution in [3.63, 3.8) is 0 Å². The molecule has 4 saturated carbocycles. The minimum absolute atomic E-state index is 0.0574. The van der Waals surface area contributed by atoms with Gasteiger partial charge in [-0.2, -0.15) is 0 Å². The lowest BCUT2D eigenvalue weighted by Gasteiger charge is -2.69. The normalized spacial score (nSPS) is 59.2. The zero-order valence-corrected chi connectivity index (χ0v) is 15.5. The third-order valence-corrected chi connectivity index (χ3v) is 9.74.